The van der Waals surface area contributed by atoms with E-state index in [1.54, 1.807) is 19.1 Å². The molecule has 2 aliphatic rings. The van der Waals surface area contributed by atoms with Gasteiger partial charge in [-0.2, -0.15) is 0 Å². The molecular weight excluding hydrogens is 184 g/mol. The first kappa shape index (κ1) is 10.1. The quantitative estimate of drug-likeness (QED) is 0.529. The molecular formula is C10H16O4. The molecule has 2 bridgehead atoms. The summed E-state index contributed by atoms with van der Waals surface area (Å²) < 4.78 is 5.64. The second-order valence-electron chi connectivity index (χ2n) is 4.73. The molecule has 4 heteroatoms. The minimum absolute atomic E-state index is 0.165. The SMILES string of the molecule is CC1(O)CC2(CO)C=CC(CO)(C1)O2. The van der Waals surface area contributed by atoms with Crippen molar-refractivity contribution in [1.29, 1.82) is 0 Å². The Hall–Kier alpha value is -0.420. The van der Waals surface area contributed by atoms with Crippen LogP contribution in [0.5, 0.6) is 0 Å². The maximum absolute atomic E-state index is 10.0. The van der Waals surface area contributed by atoms with Gasteiger partial charge in [-0.25, -0.2) is 0 Å². The van der Waals surface area contributed by atoms with Gasteiger partial charge in [-0.3, -0.25) is 0 Å². The molecule has 2 atom stereocenters. The predicted molar refractivity (Wildman–Crippen MR) is 49.7 cm³/mol. The summed E-state index contributed by atoms with van der Waals surface area (Å²) >= 11 is 0. The summed E-state index contributed by atoms with van der Waals surface area (Å²) in [5.74, 6) is 0. The summed E-state index contributed by atoms with van der Waals surface area (Å²) in [5, 5.41) is 28.5. The summed E-state index contributed by atoms with van der Waals surface area (Å²) in [7, 11) is 0. The Morgan fingerprint density at radius 2 is 1.57 bits per heavy atom. The van der Waals surface area contributed by atoms with Gasteiger partial charge in [0.2, 0.25) is 0 Å². The van der Waals surface area contributed by atoms with Crippen molar-refractivity contribution in [1.82, 2.24) is 0 Å². The van der Waals surface area contributed by atoms with Crippen LogP contribution >= 0.6 is 0 Å². The van der Waals surface area contributed by atoms with E-state index in [2.05, 4.69) is 0 Å². The second kappa shape index (κ2) is 2.79. The van der Waals surface area contributed by atoms with Gasteiger partial charge in [0.15, 0.2) is 0 Å². The Kier molecular flexibility index (Phi) is 2.02. The van der Waals surface area contributed by atoms with Crippen molar-refractivity contribution in [2.75, 3.05) is 13.2 Å². The first-order valence-electron chi connectivity index (χ1n) is 4.80. The molecule has 0 radical (unpaired) electrons. The Morgan fingerprint density at radius 3 is 1.93 bits per heavy atom. The van der Waals surface area contributed by atoms with Crippen LogP contribution in [0.15, 0.2) is 12.2 Å². The van der Waals surface area contributed by atoms with E-state index in [9.17, 15) is 15.3 Å². The summed E-state index contributed by atoms with van der Waals surface area (Å²) in [6, 6.07) is 0. The van der Waals surface area contributed by atoms with Crippen LogP contribution in [0.4, 0.5) is 0 Å². The molecule has 0 aromatic rings. The lowest BCUT2D eigenvalue weighted by Gasteiger charge is -2.45. The third kappa shape index (κ3) is 1.39. The highest BCUT2D eigenvalue weighted by Crippen LogP contribution is 2.46. The van der Waals surface area contributed by atoms with Crippen LogP contribution in [0.3, 0.4) is 0 Å². The molecule has 0 aromatic heterocycles. The fourth-order valence-electron chi connectivity index (χ4n) is 2.60. The van der Waals surface area contributed by atoms with Crippen LogP contribution in [-0.4, -0.2) is 45.3 Å². The lowest BCUT2D eigenvalue weighted by atomic mass is 9.81. The standard InChI is InChI=1S/C10H16O4/c1-8(13)4-9(6-11)2-3-10(5-8,7-12)14-9/h2-3,11-13H,4-7H2,1H3. The highest BCUT2D eigenvalue weighted by Gasteiger charge is 2.54. The summed E-state index contributed by atoms with van der Waals surface area (Å²) in [4.78, 5) is 0. The molecule has 80 valence electrons. The Labute approximate surface area is 82.8 Å². The predicted octanol–water partition coefficient (Wildman–Crippen LogP) is -0.420. The van der Waals surface area contributed by atoms with Crippen LogP contribution in [0, 0.1) is 0 Å². The van der Waals surface area contributed by atoms with Gasteiger partial charge in [-0.15, -0.1) is 0 Å². The van der Waals surface area contributed by atoms with E-state index < -0.39 is 16.8 Å². The van der Waals surface area contributed by atoms with Crippen molar-refractivity contribution < 1.29 is 20.1 Å². The lowest BCUT2D eigenvalue weighted by Crippen LogP contribution is -2.55. The van der Waals surface area contributed by atoms with Crippen LogP contribution in [-0.2, 0) is 4.74 Å². The van der Waals surface area contributed by atoms with E-state index in [0.717, 1.165) is 0 Å². The first-order chi connectivity index (χ1) is 6.45. The van der Waals surface area contributed by atoms with Gasteiger partial charge in [0.1, 0.15) is 11.2 Å². The largest absolute Gasteiger partial charge is 0.393 e. The molecule has 0 spiro atoms. The van der Waals surface area contributed by atoms with Crippen LogP contribution in [0.1, 0.15) is 19.8 Å². The topological polar surface area (TPSA) is 69.9 Å². The molecule has 0 saturated carbocycles. The molecule has 0 aliphatic carbocycles. The highest BCUT2D eigenvalue weighted by molar-refractivity contribution is 5.24. The third-order valence-corrected chi connectivity index (χ3v) is 2.99. The van der Waals surface area contributed by atoms with E-state index in [4.69, 9.17) is 4.74 Å². The molecule has 1 fully saturated rings. The maximum atomic E-state index is 10.0. The first-order valence-corrected chi connectivity index (χ1v) is 4.80. The van der Waals surface area contributed by atoms with E-state index in [0.29, 0.717) is 12.8 Å². The highest BCUT2D eigenvalue weighted by atomic mass is 16.6. The van der Waals surface area contributed by atoms with Crippen molar-refractivity contribution in [3.63, 3.8) is 0 Å². The van der Waals surface area contributed by atoms with Crippen molar-refractivity contribution >= 4 is 0 Å². The maximum Gasteiger partial charge on any atom is 0.113 e. The number of fused-ring (bicyclic) bond motifs is 2. The summed E-state index contributed by atoms with van der Waals surface area (Å²) in [5.41, 5.74) is -2.50. The molecule has 14 heavy (non-hydrogen) atoms. The molecule has 2 heterocycles. The molecule has 2 unspecified atom stereocenters. The second-order valence-corrected chi connectivity index (χ2v) is 4.73. The van der Waals surface area contributed by atoms with E-state index >= 15 is 0 Å². The number of hydrogen-bond acceptors (Lipinski definition) is 4. The van der Waals surface area contributed by atoms with Gasteiger partial charge in [0.25, 0.3) is 0 Å². The van der Waals surface area contributed by atoms with E-state index in [-0.39, 0.29) is 13.2 Å². The van der Waals surface area contributed by atoms with E-state index in [1.165, 1.54) is 0 Å². The summed E-state index contributed by atoms with van der Waals surface area (Å²) in [6.07, 6.45) is 4.25. The lowest BCUT2D eigenvalue weighted by molar-refractivity contribution is -0.212. The summed E-state index contributed by atoms with van der Waals surface area (Å²) in [6.45, 7) is 1.38. The van der Waals surface area contributed by atoms with Crippen molar-refractivity contribution in [2.45, 2.75) is 36.6 Å². The molecule has 2 rings (SSSR count). The fourth-order valence-corrected chi connectivity index (χ4v) is 2.60. The number of ether oxygens (including phenoxy) is 1. The monoisotopic (exact) mass is 200 g/mol. The molecule has 2 aliphatic heterocycles. The number of aliphatic hydroxyl groups excluding tert-OH is 2. The zero-order valence-electron chi connectivity index (χ0n) is 8.23. The van der Waals surface area contributed by atoms with Gasteiger partial charge < -0.3 is 20.1 Å². The zero-order chi connectivity index (χ0) is 10.4. The number of rotatable bonds is 2. The fraction of sp³-hybridized carbons (Fsp3) is 0.800. The van der Waals surface area contributed by atoms with Gasteiger partial charge in [-0.05, 0) is 6.92 Å². The number of hydrogen-bond donors (Lipinski definition) is 3. The van der Waals surface area contributed by atoms with Crippen LogP contribution in [0.25, 0.3) is 0 Å². The molecule has 0 amide bonds. The van der Waals surface area contributed by atoms with Gasteiger partial charge in [0, 0.05) is 12.8 Å². The molecule has 3 N–H and O–H groups in total. The Bertz CT molecular complexity index is 249. The zero-order valence-corrected chi connectivity index (χ0v) is 8.23. The minimum atomic E-state index is -0.896. The average molecular weight is 200 g/mol. The normalized spacial score (nSPS) is 51.1. The molecule has 0 aromatic carbocycles. The minimum Gasteiger partial charge on any atom is -0.393 e. The third-order valence-electron chi connectivity index (χ3n) is 2.99. The Morgan fingerprint density at radius 1 is 1.14 bits per heavy atom. The molecule has 4 nitrogen and oxygen atoms in total. The molecule has 1 saturated heterocycles. The van der Waals surface area contributed by atoms with Crippen LogP contribution in [0.2, 0.25) is 0 Å². The van der Waals surface area contributed by atoms with Crippen molar-refractivity contribution in [2.24, 2.45) is 0 Å². The van der Waals surface area contributed by atoms with Gasteiger partial charge in [-0.1, -0.05) is 12.2 Å². The van der Waals surface area contributed by atoms with Gasteiger partial charge >= 0.3 is 0 Å². The van der Waals surface area contributed by atoms with E-state index in [1.807, 2.05) is 0 Å². The Balaban J connectivity index is 2.32. The van der Waals surface area contributed by atoms with Crippen molar-refractivity contribution in [3.05, 3.63) is 12.2 Å². The average Bonchev–Trinajstić information content (AvgIpc) is 2.40. The number of aliphatic hydroxyl groups is 3. The van der Waals surface area contributed by atoms with Crippen molar-refractivity contribution in [3.8, 4) is 0 Å². The smallest absolute Gasteiger partial charge is 0.113 e. The van der Waals surface area contributed by atoms with Gasteiger partial charge in [0.05, 0.1) is 18.8 Å². The van der Waals surface area contributed by atoms with Crippen LogP contribution < -0.4 is 0 Å².